The zero-order chi connectivity index (χ0) is 34.4. The molecule has 2 amide bonds. The highest BCUT2D eigenvalue weighted by molar-refractivity contribution is 7.92. The van der Waals surface area contributed by atoms with E-state index in [4.69, 9.17) is 11.6 Å². The summed E-state index contributed by atoms with van der Waals surface area (Å²) < 4.78 is 27.6. The lowest BCUT2D eigenvalue weighted by Crippen LogP contribution is -2.58. The highest BCUT2D eigenvalue weighted by Crippen LogP contribution is 2.32. The summed E-state index contributed by atoms with van der Waals surface area (Å²) in [5, 5.41) is 7.01. The molecule has 2 atom stereocenters. The molecule has 2 N–H and O–H groups in total. The fourth-order valence-electron chi connectivity index (χ4n) is 6.64. The van der Waals surface area contributed by atoms with Gasteiger partial charge in [-0.2, -0.15) is 0 Å². The van der Waals surface area contributed by atoms with Gasteiger partial charge in [0.15, 0.2) is 0 Å². The van der Waals surface area contributed by atoms with E-state index >= 15 is 0 Å². The van der Waals surface area contributed by atoms with Crippen molar-refractivity contribution >= 4 is 44.8 Å². The number of sulfonamides is 1. The predicted molar refractivity (Wildman–Crippen MR) is 195 cm³/mol. The minimum absolute atomic E-state index is 0.145. The molecule has 6 rings (SSSR count). The summed E-state index contributed by atoms with van der Waals surface area (Å²) in [6, 6.07) is 31.6. The first-order valence-electron chi connectivity index (χ1n) is 16.6. The first-order valence-corrected chi connectivity index (χ1v) is 18.9. The Bertz CT molecular complexity index is 1860. The average molecular weight is 700 g/mol. The Morgan fingerprint density at radius 3 is 2.22 bits per heavy atom. The highest BCUT2D eigenvalue weighted by atomic mass is 35.5. The van der Waals surface area contributed by atoms with Gasteiger partial charge in [0.25, 0.3) is 0 Å². The van der Waals surface area contributed by atoms with Crippen LogP contribution in [-0.4, -0.2) is 76.2 Å². The van der Waals surface area contributed by atoms with Crippen LogP contribution >= 0.6 is 11.6 Å². The number of carbonyl (C=O) groups is 2. The van der Waals surface area contributed by atoms with E-state index in [0.717, 1.165) is 22.4 Å². The Labute approximate surface area is 293 Å². The van der Waals surface area contributed by atoms with E-state index in [1.165, 1.54) is 16.1 Å². The van der Waals surface area contributed by atoms with Gasteiger partial charge in [-0.3, -0.25) is 13.9 Å². The number of benzene rings is 4. The Hall–Kier alpha value is -4.38. The van der Waals surface area contributed by atoms with Crippen molar-refractivity contribution in [2.75, 3.05) is 48.2 Å². The van der Waals surface area contributed by atoms with Crippen molar-refractivity contribution < 1.29 is 18.0 Å². The summed E-state index contributed by atoms with van der Waals surface area (Å²) in [6.07, 6.45) is 2.70. The zero-order valence-electron chi connectivity index (χ0n) is 27.6. The maximum absolute atomic E-state index is 14.1. The molecular formula is C38H42ClN5O4S. The molecule has 9 nitrogen and oxygen atoms in total. The minimum atomic E-state index is -3.57. The lowest BCUT2D eigenvalue weighted by atomic mass is 9.95. The molecule has 0 aliphatic carbocycles. The van der Waals surface area contributed by atoms with Gasteiger partial charge in [-0.15, -0.1) is 0 Å². The summed E-state index contributed by atoms with van der Waals surface area (Å²) in [4.78, 5) is 31.6. The summed E-state index contributed by atoms with van der Waals surface area (Å²) in [6.45, 7) is 2.79. The number of anilines is 2. The molecule has 2 aliphatic rings. The molecule has 256 valence electrons. The number of hydrogen-bond donors (Lipinski definition) is 2. The predicted octanol–water partition coefficient (Wildman–Crippen LogP) is 4.44. The fourth-order valence-corrected chi connectivity index (χ4v) is 7.70. The maximum Gasteiger partial charge on any atom is 0.245 e. The molecule has 1 fully saturated rings. The SMILES string of the molecule is CS(=O)(=O)N(CCc1ccccc1)c1ccccc1N1CCN(C(=O)C(Cc2ccc(Cl)cc2)NC(=O)C2Cc3ccccc3CN2)CC1. The van der Waals surface area contributed by atoms with Crippen LogP contribution in [0.3, 0.4) is 0 Å². The van der Waals surface area contributed by atoms with E-state index in [1.807, 2.05) is 84.9 Å². The van der Waals surface area contributed by atoms with Gasteiger partial charge in [-0.25, -0.2) is 8.42 Å². The molecule has 0 aromatic heterocycles. The standard InChI is InChI=1S/C38H42ClN5O4S/c1-49(47,48)44(20-19-28-9-3-2-4-10-28)36-14-8-7-13-35(36)42-21-23-43(24-22-42)38(46)34(25-29-15-17-32(39)18-16-29)41-37(45)33-26-30-11-5-6-12-31(30)27-40-33/h2-18,33-34,40H,19-27H2,1H3,(H,41,45). The molecule has 0 radical (unpaired) electrons. The van der Waals surface area contributed by atoms with Gasteiger partial charge in [0.1, 0.15) is 6.04 Å². The Balaban J connectivity index is 1.15. The molecule has 1 saturated heterocycles. The van der Waals surface area contributed by atoms with Crippen molar-refractivity contribution in [1.29, 1.82) is 0 Å². The third kappa shape index (κ3) is 8.62. The molecule has 2 heterocycles. The smallest absolute Gasteiger partial charge is 0.245 e. The van der Waals surface area contributed by atoms with E-state index in [9.17, 15) is 18.0 Å². The molecule has 2 aliphatic heterocycles. The van der Waals surface area contributed by atoms with Gasteiger partial charge in [0, 0.05) is 50.7 Å². The first-order chi connectivity index (χ1) is 23.7. The molecule has 49 heavy (non-hydrogen) atoms. The van der Waals surface area contributed by atoms with E-state index in [2.05, 4.69) is 21.6 Å². The van der Waals surface area contributed by atoms with Crippen LogP contribution in [0.4, 0.5) is 11.4 Å². The van der Waals surface area contributed by atoms with Gasteiger partial charge >= 0.3 is 0 Å². The number of nitrogens with one attached hydrogen (secondary N) is 2. The molecule has 0 saturated carbocycles. The quantitative estimate of drug-likeness (QED) is 0.240. The molecule has 4 aromatic carbocycles. The van der Waals surface area contributed by atoms with Crippen molar-refractivity contribution in [3.05, 3.63) is 130 Å². The summed E-state index contributed by atoms with van der Waals surface area (Å²) in [5.74, 6) is -0.348. The summed E-state index contributed by atoms with van der Waals surface area (Å²) in [7, 11) is -3.57. The normalized spacial score (nSPS) is 16.8. The number of hydrogen-bond acceptors (Lipinski definition) is 6. The van der Waals surface area contributed by atoms with Crippen LogP contribution in [0.5, 0.6) is 0 Å². The highest BCUT2D eigenvalue weighted by Gasteiger charge is 2.33. The van der Waals surface area contributed by atoms with Crippen molar-refractivity contribution in [2.45, 2.75) is 37.9 Å². The number of fused-ring (bicyclic) bond motifs is 1. The lowest BCUT2D eigenvalue weighted by molar-refractivity contribution is -0.137. The Kier molecular flexibility index (Phi) is 10.9. The molecule has 0 spiro atoms. The van der Waals surface area contributed by atoms with E-state index < -0.39 is 22.1 Å². The number of para-hydroxylation sites is 2. The van der Waals surface area contributed by atoms with Crippen LogP contribution in [-0.2, 0) is 45.4 Å². The van der Waals surface area contributed by atoms with Crippen LogP contribution in [0.2, 0.25) is 5.02 Å². The lowest BCUT2D eigenvalue weighted by Gasteiger charge is -2.39. The van der Waals surface area contributed by atoms with Gasteiger partial charge in [-0.05, 0) is 59.4 Å². The second-order valence-corrected chi connectivity index (χ2v) is 15.0. The largest absolute Gasteiger partial charge is 0.366 e. The number of piperazine rings is 1. The summed E-state index contributed by atoms with van der Waals surface area (Å²) in [5.41, 5.74) is 5.69. The first kappa shape index (κ1) is 34.5. The molecule has 0 bridgehead atoms. The number of amides is 2. The third-order valence-corrected chi connectivity index (χ3v) is 10.7. The number of nitrogens with zero attached hydrogens (tertiary/aromatic N) is 3. The molecular weight excluding hydrogens is 658 g/mol. The average Bonchev–Trinajstić information content (AvgIpc) is 3.12. The molecule has 11 heteroatoms. The van der Waals surface area contributed by atoms with Gasteiger partial charge in [-0.1, -0.05) is 90.5 Å². The van der Waals surface area contributed by atoms with Crippen LogP contribution in [0.1, 0.15) is 22.3 Å². The number of halogens is 1. The fraction of sp³-hybridized carbons (Fsp3) is 0.316. The van der Waals surface area contributed by atoms with E-state index in [1.54, 1.807) is 17.0 Å². The monoisotopic (exact) mass is 699 g/mol. The third-order valence-electron chi connectivity index (χ3n) is 9.29. The van der Waals surface area contributed by atoms with Crippen molar-refractivity contribution in [3.63, 3.8) is 0 Å². The van der Waals surface area contributed by atoms with Crippen molar-refractivity contribution in [1.82, 2.24) is 15.5 Å². The number of carbonyl (C=O) groups excluding carboxylic acids is 2. The van der Waals surface area contributed by atoms with Crippen LogP contribution < -0.4 is 19.8 Å². The molecule has 4 aromatic rings. The Morgan fingerprint density at radius 1 is 0.857 bits per heavy atom. The van der Waals surface area contributed by atoms with Gasteiger partial charge in [0.2, 0.25) is 21.8 Å². The molecule has 2 unspecified atom stereocenters. The van der Waals surface area contributed by atoms with Crippen molar-refractivity contribution in [3.8, 4) is 0 Å². The van der Waals surface area contributed by atoms with Crippen LogP contribution in [0, 0.1) is 0 Å². The van der Waals surface area contributed by atoms with Gasteiger partial charge < -0.3 is 20.4 Å². The summed E-state index contributed by atoms with van der Waals surface area (Å²) >= 11 is 6.13. The zero-order valence-corrected chi connectivity index (χ0v) is 29.2. The maximum atomic E-state index is 14.1. The van der Waals surface area contributed by atoms with E-state index in [-0.39, 0.29) is 11.8 Å². The number of rotatable bonds is 11. The van der Waals surface area contributed by atoms with E-state index in [0.29, 0.717) is 69.2 Å². The second-order valence-electron chi connectivity index (χ2n) is 12.7. The van der Waals surface area contributed by atoms with Gasteiger partial charge in [0.05, 0.1) is 23.7 Å². The Morgan fingerprint density at radius 2 is 1.51 bits per heavy atom. The van der Waals surface area contributed by atoms with Crippen molar-refractivity contribution in [2.24, 2.45) is 0 Å². The van der Waals surface area contributed by atoms with Crippen LogP contribution in [0.25, 0.3) is 0 Å². The topological polar surface area (TPSA) is 102 Å². The second kappa shape index (κ2) is 15.4. The van der Waals surface area contributed by atoms with Crippen LogP contribution in [0.15, 0.2) is 103 Å². The minimum Gasteiger partial charge on any atom is -0.366 e.